The van der Waals surface area contributed by atoms with Gasteiger partial charge >= 0.3 is 0 Å². The molecule has 0 amide bonds. The van der Waals surface area contributed by atoms with Gasteiger partial charge in [0.15, 0.2) is 0 Å². The van der Waals surface area contributed by atoms with E-state index in [9.17, 15) is 0 Å². The molecule has 0 saturated carbocycles. The molecule has 0 aliphatic carbocycles. The zero-order valence-electron chi connectivity index (χ0n) is 12.1. The first kappa shape index (κ1) is 14.5. The molecule has 1 heterocycles. The summed E-state index contributed by atoms with van der Waals surface area (Å²) >= 11 is 0. The van der Waals surface area contributed by atoms with E-state index >= 15 is 0 Å². The molecule has 1 aromatic rings. The second kappa shape index (κ2) is 7.63. The average Bonchev–Trinajstić information content (AvgIpc) is 2.47. The topological polar surface area (TPSA) is 24.5 Å². The molecule has 106 valence electrons. The fourth-order valence-electron chi connectivity index (χ4n) is 2.77. The molecule has 19 heavy (non-hydrogen) atoms. The van der Waals surface area contributed by atoms with E-state index in [0.29, 0.717) is 12.1 Å². The molecular weight excluding hydrogens is 236 g/mol. The van der Waals surface area contributed by atoms with Crippen molar-refractivity contribution < 1.29 is 4.74 Å². The maximum atomic E-state index is 5.65. The Labute approximate surface area is 116 Å². The van der Waals surface area contributed by atoms with E-state index in [2.05, 4.69) is 54.5 Å². The molecule has 3 nitrogen and oxygen atoms in total. The number of rotatable bonds is 6. The quantitative estimate of drug-likeness (QED) is 0.848. The highest BCUT2D eigenvalue weighted by Gasteiger charge is 2.27. The Kier molecular flexibility index (Phi) is 5.83. The summed E-state index contributed by atoms with van der Waals surface area (Å²) in [6, 6.07) is 11.8. The highest BCUT2D eigenvalue weighted by atomic mass is 16.5. The van der Waals surface area contributed by atoms with Crippen molar-refractivity contribution >= 4 is 0 Å². The van der Waals surface area contributed by atoms with Gasteiger partial charge in [-0.15, -0.1) is 0 Å². The number of likely N-dealkylation sites (N-methyl/N-ethyl adjacent to an activating group) is 2. The van der Waals surface area contributed by atoms with Gasteiger partial charge < -0.3 is 10.1 Å². The summed E-state index contributed by atoms with van der Waals surface area (Å²) in [5, 5.41) is 3.59. The molecule has 2 unspecified atom stereocenters. The smallest absolute Gasteiger partial charge is 0.0636 e. The van der Waals surface area contributed by atoms with E-state index in [0.717, 1.165) is 39.1 Å². The van der Waals surface area contributed by atoms with E-state index in [4.69, 9.17) is 4.74 Å². The first-order chi connectivity index (χ1) is 9.31. The van der Waals surface area contributed by atoms with Crippen molar-refractivity contribution in [2.45, 2.75) is 31.8 Å². The van der Waals surface area contributed by atoms with Crippen LogP contribution in [0.1, 0.15) is 18.9 Å². The Morgan fingerprint density at radius 1 is 1.32 bits per heavy atom. The van der Waals surface area contributed by atoms with Crippen LogP contribution in [0.2, 0.25) is 0 Å². The van der Waals surface area contributed by atoms with Gasteiger partial charge in [-0.1, -0.05) is 37.3 Å². The fraction of sp³-hybridized carbons (Fsp3) is 0.625. The van der Waals surface area contributed by atoms with Crippen molar-refractivity contribution in [1.29, 1.82) is 0 Å². The lowest BCUT2D eigenvalue weighted by molar-refractivity contribution is 0.00686. The third-order valence-electron chi connectivity index (χ3n) is 3.95. The zero-order chi connectivity index (χ0) is 13.5. The molecule has 1 N–H and O–H groups in total. The van der Waals surface area contributed by atoms with Crippen molar-refractivity contribution in [1.82, 2.24) is 10.2 Å². The Morgan fingerprint density at radius 3 is 2.84 bits per heavy atom. The molecule has 1 fully saturated rings. The van der Waals surface area contributed by atoms with Gasteiger partial charge in [-0.3, -0.25) is 4.90 Å². The number of hydrogen-bond acceptors (Lipinski definition) is 3. The molecule has 2 rings (SSSR count). The van der Waals surface area contributed by atoms with Crippen LogP contribution < -0.4 is 5.32 Å². The largest absolute Gasteiger partial charge is 0.380 e. The van der Waals surface area contributed by atoms with Crippen LogP contribution in [0.15, 0.2) is 30.3 Å². The van der Waals surface area contributed by atoms with E-state index in [1.54, 1.807) is 0 Å². The van der Waals surface area contributed by atoms with Crippen LogP contribution >= 0.6 is 0 Å². The molecule has 0 spiro atoms. The fourth-order valence-corrected chi connectivity index (χ4v) is 2.77. The predicted molar refractivity (Wildman–Crippen MR) is 79.5 cm³/mol. The SMILES string of the molecule is CCNC1CCOCC1N(C)CCc1ccccc1. The monoisotopic (exact) mass is 262 g/mol. The number of nitrogens with zero attached hydrogens (tertiary/aromatic N) is 1. The Balaban J connectivity index is 1.85. The summed E-state index contributed by atoms with van der Waals surface area (Å²) in [5.41, 5.74) is 1.41. The lowest BCUT2D eigenvalue weighted by atomic mass is 10.0. The van der Waals surface area contributed by atoms with Crippen LogP contribution in [0.3, 0.4) is 0 Å². The van der Waals surface area contributed by atoms with Crippen LogP contribution in [-0.4, -0.2) is 50.3 Å². The molecule has 1 aliphatic heterocycles. The van der Waals surface area contributed by atoms with E-state index in [1.807, 2.05) is 0 Å². The highest BCUT2D eigenvalue weighted by Crippen LogP contribution is 2.14. The Morgan fingerprint density at radius 2 is 2.11 bits per heavy atom. The van der Waals surface area contributed by atoms with Gasteiger partial charge in [0.1, 0.15) is 0 Å². The highest BCUT2D eigenvalue weighted by molar-refractivity contribution is 5.14. The number of nitrogens with one attached hydrogen (secondary N) is 1. The minimum atomic E-state index is 0.498. The molecular formula is C16H26N2O. The summed E-state index contributed by atoms with van der Waals surface area (Å²) in [4.78, 5) is 2.44. The van der Waals surface area contributed by atoms with E-state index < -0.39 is 0 Å². The third-order valence-corrected chi connectivity index (χ3v) is 3.95. The molecule has 1 saturated heterocycles. The molecule has 0 radical (unpaired) electrons. The van der Waals surface area contributed by atoms with Gasteiger partial charge in [0.05, 0.1) is 6.61 Å². The van der Waals surface area contributed by atoms with Gasteiger partial charge in [0.2, 0.25) is 0 Å². The van der Waals surface area contributed by atoms with E-state index in [-0.39, 0.29) is 0 Å². The molecule has 1 aliphatic rings. The summed E-state index contributed by atoms with van der Waals surface area (Å²) in [6.07, 6.45) is 2.22. The lowest BCUT2D eigenvalue weighted by Gasteiger charge is -2.38. The van der Waals surface area contributed by atoms with Crippen LogP contribution in [0.4, 0.5) is 0 Å². The summed E-state index contributed by atoms with van der Waals surface area (Å²) in [6.45, 7) is 6.04. The summed E-state index contributed by atoms with van der Waals surface area (Å²) in [5.74, 6) is 0. The maximum absolute atomic E-state index is 5.65. The van der Waals surface area contributed by atoms with Crippen LogP contribution in [0.5, 0.6) is 0 Å². The molecule has 0 aromatic heterocycles. The van der Waals surface area contributed by atoms with Crippen LogP contribution in [0.25, 0.3) is 0 Å². The van der Waals surface area contributed by atoms with Crippen molar-refractivity contribution in [2.24, 2.45) is 0 Å². The third kappa shape index (κ3) is 4.30. The van der Waals surface area contributed by atoms with Crippen LogP contribution in [-0.2, 0) is 11.2 Å². The minimum absolute atomic E-state index is 0.498. The van der Waals surface area contributed by atoms with E-state index in [1.165, 1.54) is 5.56 Å². The standard InChI is InChI=1S/C16H26N2O/c1-3-17-15-10-12-19-13-16(15)18(2)11-9-14-7-5-4-6-8-14/h4-8,15-17H,3,9-13H2,1-2H3. The summed E-state index contributed by atoms with van der Waals surface area (Å²) in [7, 11) is 2.21. The second-order valence-corrected chi connectivity index (χ2v) is 5.31. The van der Waals surface area contributed by atoms with Gasteiger partial charge in [-0.05, 0) is 32.0 Å². The van der Waals surface area contributed by atoms with Gasteiger partial charge in [-0.2, -0.15) is 0 Å². The maximum Gasteiger partial charge on any atom is 0.0636 e. The van der Waals surface area contributed by atoms with Gasteiger partial charge in [0.25, 0.3) is 0 Å². The van der Waals surface area contributed by atoms with Gasteiger partial charge in [0, 0.05) is 25.2 Å². The predicted octanol–water partition coefficient (Wildman–Crippen LogP) is 1.93. The van der Waals surface area contributed by atoms with Crippen molar-refractivity contribution in [3.05, 3.63) is 35.9 Å². The molecule has 2 atom stereocenters. The minimum Gasteiger partial charge on any atom is -0.380 e. The molecule has 0 bridgehead atoms. The number of benzene rings is 1. The zero-order valence-corrected chi connectivity index (χ0v) is 12.1. The van der Waals surface area contributed by atoms with Crippen molar-refractivity contribution in [3.63, 3.8) is 0 Å². The van der Waals surface area contributed by atoms with Gasteiger partial charge in [-0.25, -0.2) is 0 Å². The number of hydrogen-bond donors (Lipinski definition) is 1. The van der Waals surface area contributed by atoms with Crippen LogP contribution in [0, 0.1) is 0 Å². The number of ether oxygens (including phenoxy) is 1. The first-order valence-corrected chi connectivity index (χ1v) is 7.36. The normalized spacial score (nSPS) is 23.7. The Hall–Kier alpha value is -0.900. The van der Waals surface area contributed by atoms with Crippen molar-refractivity contribution in [3.8, 4) is 0 Å². The molecule has 1 aromatic carbocycles. The lowest BCUT2D eigenvalue weighted by Crippen LogP contribution is -2.54. The summed E-state index contributed by atoms with van der Waals surface area (Å²) < 4.78 is 5.65. The second-order valence-electron chi connectivity index (χ2n) is 5.31. The first-order valence-electron chi connectivity index (χ1n) is 7.36. The van der Waals surface area contributed by atoms with Crippen molar-refractivity contribution in [2.75, 3.05) is 33.4 Å². The average molecular weight is 262 g/mol. The molecule has 3 heteroatoms. The Bertz CT molecular complexity index is 353.